The van der Waals surface area contributed by atoms with Crippen molar-refractivity contribution in [1.82, 2.24) is 4.90 Å². The molecular formula is C9H15NO2S. The van der Waals surface area contributed by atoms with Gasteiger partial charge in [-0.2, -0.15) is 0 Å². The topological polar surface area (TPSA) is 37.4 Å². The van der Waals surface area contributed by atoms with Gasteiger partial charge in [-0.25, -0.2) is 0 Å². The molecule has 2 amide bonds. The van der Waals surface area contributed by atoms with Crippen molar-refractivity contribution >= 4 is 23.6 Å². The van der Waals surface area contributed by atoms with Crippen molar-refractivity contribution in [1.29, 1.82) is 0 Å². The summed E-state index contributed by atoms with van der Waals surface area (Å²) in [5, 5.41) is 0. The first-order valence-electron chi connectivity index (χ1n) is 4.17. The number of carbonyl (C=O) groups excluding carboxylic acids is 2. The van der Waals surface area contributed by atoms with Gasteiger partial charge in [0.05, 0.1) is 5.41 Å². The third-order valence-electron chi connectivity index (χ3n) is 3.15. The molecule has 74 valence electrons. The van der Waals surface area contributed by atoms with Crippen LogP contribution in [-0.2, 0) is 9.59 Å². The van der Waals surface area contributed by atoms with E-state index in [0.29, 0.717) is 0 Å². The Kier molecular flexibility index (Phi) is 2.23. The second kappa shape index (κ2) is 2.74. The summed E-state index contributed by atoms with van der Waals surface area (Å²) in [7, 11) is 1.55. The number of rotatable bonds is 1. The van der Waals surface area contributed by atoms with Crippen molar-refractivity contribution in [2.45, 2.75) is 25.5 Å². The van der Waals surface area contributed by atoms with Crippen LogP contribution in [0.25, 0.3) is 0 Å². The zero-order chi connectivity index (χ0) is 10.4. The van der Waals surface area contributed by atoms with Crippen LogP contribution in [0.5, 0.6) is 0 Å². The first-order valence-corrected chi connectivity index (χ1v) is 5.39. The van der Waals surface area contributed by atoms with E-state index >= 15 is 0 Å². The van der Waals surface area contributed by atoms with Crippen LogP contribution in [0.1, 0.15) is 20.8 Å². The lowest BCUT2D eigenvalue weighted by Crippen LogP contribution is -2.41. The fourth-order valence-corrected chi connectivity index (χ4v) is 2.55. The molecule has 0 aromatic heterocycles. The Hall–Kier alpha value is -0.510. The van der Waals surface area contributed by atoms with E-state index in [1.165, 1.54) is 16.7 Å². The van der Waals surface area contributed by atoms with Crippen molar-refractivity contribution in [2.24, 2.45) is 5.41 Å². The molecular weight excluding hydrogens is 186 g/mol. The molecule has 3 nitrogen and oxygen atoms in total. The first-order chi connectivity index (χ1) is 5.79. The van der Waals surface area contributed by atoms with E-state index in [0.717, 1.165) is 0 Å². The minimum absolute atomic E-state index is 0.0880. The van der Waals surface area contributed by atoms with E-state index in [4.69, 9.17) is 0 Å². The van der Waals surface area contributed by atoms with E-state index in [1.807, 2.05) is 27.0 Å². The Bertz CT molecular complexity index is 275. The first kappa shape index (κ1) is 10.6. The van der Waals surface area contributed by atoms with Crippen LogP contribution < -0.4 is 0 Å². The Morgan fingerprint density at radius 3 is 1.77 bits per heavy atom. The molecule has 4 heteroatoms. The van der Waals surface area contributed by atoms with Gasteiger partial charge in [0.15, 0.2) is 0 Å². The van der Waals surface area contributed by atoms with E-state index in [-0.39, 0.29) is 11.8 Å². The van der Waals surface area contributed by atoms with Gasteiger partial charge in [-0.05, 0) is 27.0 Å². The van der Waals surface area contributed by atoms with Crippen LogP contribution in [0.15, 0.2) is 0 Å². The third kappa shape index (κ3) is 1.04. The number of nitrogens with zero attached hydrogens (tertiary/aromatic N) is 1. The summed E-state index contributed by atoms with van der Waals surface area (Å²) in [5.41, 5.74) is -0.599. The number of amides is 2. The molecule has 1 aliphatic rings. The molecule has 0 aromatic rings. The van der Waals surface area contributed by atoms with Gasteiger partial charge >= 0.3 is 0 Å². The molecule has 1 aliphatic heterocycles. The molecule has 0 bridgehead atoms. The number of imide groups is 1. The molecule has 1 rings (SSSR count). The quantitative estimate of drug-likeness (QED) is 0.597. The molecule has 1 heterocycles. The zero-order valence-corrected chi connectivity index (χ0v) is 9.49. The van der Waals surface area contributed by atoms with Crippen LogP contribution in [0, 0.1) is 5.41 Å². The molecule has 0 N–H and O–H groups in total. The lowest BCUT2D eigenvalue weighted by atomic mass is 9.81. The highest BCUT2D eigenvalue weighted by Gasteiger charge is 2.60. The largest absolute Gasteiger partial charge is 0.284 e. The van der Waals surface area contributed by atoms with Gasteiger partial charge < -0.3 is 0 Å². The van der Waals surface area contributed by atoms with Gasteiger partial charge in [0.25, 0.3) is 0 Å². The Balaban J connectivity index is 3.25. The van der Waals surface area contributed by atoms with Crippen LogP contribution in [0.4, 0.5) is 0 Å². The van der Waals surface area contributed by atoms with Gasteiger partial charge in [0.1, 0.15) is 4.75 Å². The summed E-state index contributed by atoms with van der Waals surface area (Å²) < 4.78 is -0.612. The summed E-state index contributed by atoms with van der Waals surface area (Å²) >= 11 is 1.45. The number of thioether (sulfide) groups is 1. The standard InChI is InChI=1S/C9H15NO2S/c1-8(2)6(11)10(4)7(12)9(8,3)13-5/h1-5H3. The second-order valence-corrected chi connectivity index (χ2v) is 5.26. The van der Waals surface area contributed by atoms with Crippen molar-refractivity contribution < 1.29 is 9.59 Å². The highest BCUT2D eigenvalue weighted by molar-refractivity contribution is 8.00. The number of likely N-dealkylation sites (tertiary alicyclic amines) is 1. The summed E-state index contributed by atoms with van der Waals surface area (Å²) in [6, 6.07) is 0. The molecule has 1 fully saturated rings. The Morgan fingerprint density at radius 1 is 1.15 bits per heavy atom. The maximum atomic E-state index is 11.8. The van der Waals surface area contributed by atoms with E-state index < -0.39 is 10.2 Å². The highest BCUT2D eigenvalue weighted by atomic mass is 32.2. The molecule has 1 saturated heterocycles. The normalized spacial score (nSPS) is 32.8. The summed E-state index contributed by atoms with van der Waals surface area (Å²) in [6.45, 7) is 5.49. The monoisotopic (exact) mass is 201 g/mol. The minimum atomic E-state index is -0.612. The number of hydrogen-bond acceptors (Lipinski definition) is 3. The summed E-state index contributed by atoms with van der Waals surface area (Å²) in [6.07, 6.45) is 1.87. The van der Waals surface area contributed by atoms with Crippen molar-refractivity contribution in [2.75, 3.05) is 13.3 Å². The molecule has 1 unspecified atom stereocenters. The maximum absolute atomic E-state index is 11.8. The van der Waals surface area contributed by atoms with Gasteiger partial charge in [0.2, 0.25) is 11.8 Å². The third-order valence-corrected chi connectivity index (χ3v) is 4.65. The van der Waals surface area contributed by atoms with Gasteiger partial charge in [-0.15, -0.1) is 11.8 Å². The van der Waals surface area contributed by atoms with Crippen molar-refractivity contribution in [3.8, 4) is 0 Å². The molecule has 13 heavy (non-hydrogen) atoms. The fraction of sp³-hybridized carbons (Fsp3) is 0.778. The van der Waals surface area contributed by atoms with Gasteiger partial charge in [0, 0.05) is 7.05 Å². The van der Waals surface area contributed by atoms with Crippen LogP contribution in [-0.4, -0.2) is 34.8 Å². The molecule has 0 saturated carbocycles. The van der Waals surface area contributed by atoms with Crippen LogP contribution >= 0.6 is 11.8 Å². The summed E-state index contributed by atoms with van der Waals surface area (Å²) in [4.78, 5) is 24.7. The number of hydrogen-bond donors (Lipinski definition) is 0. The van der Waals surface area contributed by atoms with Gasteiger partial charge in [-0.1, -0.05) is 0 Å². The molecule has 0 radical (unpaired) electrons. The maximum Gasteiger partial charge on any atom is 0.245 e. The second-order valence-electron chi connectivity index (χ2n) is 4.03. The highest BCUT2D eigenvalue weighted by Crippen LogP contribution is 2.47. The Morgan fingerprint density at radius 2 is 1.62 bits per heavy atom. The van der Waals surface area contributed by atoms with Crippen LogP contribution in [0.3, 0.4) is 0 Å². The lowest BCUT2D eigenvalue weighted by molar-refractivity contribution is -0.139. The van der Waals surface area contributed by atoms with E-state index in [9.17, 15) is 9.59 Å². The Labute approximate surface area is 82.9 Å². The van der Waals surface area contributed by atoms with Crippen molar-refractivity contribution in [3.05, 3.63) is 0 Å². The average Bonchev–Trinajstić information content (AvgIpc) is 2.20. The van der Waals surface area contributed by atoms with E-state index in [1.54, 1.807) is 7.05 Å². The predicted octanol–water partition coefficient (Wildman–Crippen LogP) is 1.13. The zero-order valence-electron chi connectivity index (χ0n) is 8.67. The molecule has 0 aromatic carbocycles. The lowest BCUT2D eigenvalue weighted by Gasteiger charge is -2.30. The minimum Gasteiger partial charge on any atom is -0.284 e. The SMILES string of the molecule is CSC1(C)C(=O)N(C)C(=O)C1(C)C. The number of carbonyl (C=O) groups is 2. The van der Waals surface area contributed by atoms with E-state index in [2.05, 4.69) is 0 Å². The predicted molar refractivity (Wildman–Crippen MR) is 53.5 cm³/mol. The smallest absolute Gasteiger partial charge is 0.245 e. The molecule has 0 spiro atoms. The van der Waals surface area contributed by atoms with Crippen molar-refractivity contribution in [3.63, 3.8) is 0 Å². The van der Waals surface area contributed by atoms with Gasteiger partial charge in [-0.3, -0.25) is 14.5 Å². The molecule has 1 atom stereocenters. The van der Waals surface area contributed by atoms with Crippen LogP contribution in [0.2, 0.25) is 0 Å². The fourth-order valence-electron chi connectivity index (χ4n) is 1.65. The average molecular weight is 201 g/mol. The molecule has 0 aliphatic carbocycles. The summed E-state index contributed by atoms with van der Waals surface area (Å²) in [5.74, 6) is -0.177.